The summed E-state index contributed by atoms with van der Waals surface area (Å²) in [6.07, 6.45) is 10.7. The number of hydrogen-bond donors (Lipinski definition) is 2. The molecule has 6 nitrogen and oxygen atoms in total. The number of nitrogens with zero attached hydrogens (tertiary/aromatic N) is 2. The molecule has 1 aliphatic heterocycles. The molecule has 2 fully saturated rings. The van der Waals surface area contributed by atoms with Crippen molar-refractivity contribution in [1.29, 1.82) is 0 Å². The van der Waals surface area contributed by atoms with Gasteiger partial charge in [0.2, 0.25) is 10.0 Å². The molecule has 2 aromatic rings. The first-order valence-corrected chi connectivity index (χ1v) is 13.0. The Kier molecular flexibility index (Phi) is 7.23. The molecule has 0 bridgehead atoms. The maximum Gasteiger partial charge on any atom is 0.215 e. The monoisotopic (exact) mass is 430 g/mol. The predicted molar refractivity (Wildman–Crippen MR) is 119 cm³/mol. The van der Waals surface area contributed by atoms with Gasteiger partial charge in [-0.3, -0.25) is 10.00 Å². The van der Waals surface area contributed by atoms with Gasteiger partial charge in [0.25, 0.3) is 0 Å². The van der Waals surface area contributed by atoms with E-state index < -0.39 is 10.0 Å². The van der Waals surface area contributed by atoms with Crippen molar-refractivity contribution in [2.45, 2.75) is 63.2 Å². The van der Waals surface area contributed by atoms with E-state index in [-0.39, 0.29) is 5.75 Å². The van der Waals surface area contributed by atoms with Crippen LogP contribution in [0.5, 0.6) is 0 Å². The van der Waals surface area contributed by atoms with Gasteiger partial charge < -0.3 is 0 Å². The molecule has 30 heavy (non-hydrogen) atoms. The van der Waals surface area contributed by atoms with Crippen molar-refractivity contribution in [2.75, 3.05) is 19.6 Å². The second-order valence-corrected chi connectivity index (χ2v) is 10.8. The molecule has 2 aliphatic rings. The van der Waals surface area contributed by atoms with Crippen LogP contribution in [0.2, 0.25) is 0 Å². The second kappa shape index (κ2) is 10.1. The molecule has 1 aliphatic carbocycles. The van der Waals surface area contributed by atoms with E-state index in [0.29, 0.717) is 18.4 Å². The molecule has 164 valence electrons. The minimum atomic E-state index is -3.31. The molecular weight excluding hydrogens is 396 g/mol. The average Bonchev–Trinajstić information content (AvgIpc) is 3.22. The minimum absolute atomic E-state index is 0.0457. The highest BCUT2D eigenvalue weighted by atomic mass is 32.2. The lowest BCUT2D eigenvalue weighted by Crippen LogP contribution is -2.40. The molecule has 0 spiro atoms. The number of aromatic amines is 1. The van der Waals surface area contributed by atoms with Crippen LogP contribution in [0.15, 0.2) is 36.5 Å². The van der Waals surface area contributed by atoms with Gasteiger partial charge in [0.1, 0.15) is 0 Å². The van der Waals surface area contributed by atoms with Gasteiger partial charge in [0, 0.05) is 36.8 Å². The van der Waals surface area contributed by atoms with Crippen molar-refractivity contribution in [2.24, 2.45) is 5.92 Å². The van der Waals surface area contributed by atoms with Crippen LogP contribution in [0.4, 0.5) is 0 Å². The number of piperidine rings is 1. The van der Waals surface area contributed by atoms with E-state index in [1.165, 1.54) is 43.4 Å². The Morgan fingerprint density at radius 1 is 1.07 bits per heavy atom. The summed E-state index contributed by atoms with van der Waals surface area (Å²) in [5.41, 5.74) is 3.48. The van der Waals surface area contributed by atoms with Crippen LogP contribution in [-0.4, -0.2) is 43.1 Å². The van der Waals surface area contributed by atoms with Gasteiger partial charge in [-0.1, -0.05) is 49.6 Å². The summed E-state index contributed by atoms with van der Waals surface area (Å²) < 4.78 is 27.8. The summed E-state index contributed by atoms with van der Waals surface area (Å²) in [6, 6.07) is 9.37. The van der Waals surface area contributed by atoms with Crippen molar-refractivity contribution in [3.05, 3.63) is 53.3 Å². The van der Waals surface area contributed by atoms with Crippen LogP contribution >= 0.6 is 0 Å². The first-order chi connectivity index (χ1) is 14.6. The Balaban J connectivity index is 1.29. The summed E-state index contributed by atoms with van der Waals surface area (Å²) in [4.78, 5) is 2.47. The standard InChI is InChI=1S/C23H34N4O2S/c28-30(29,18-19-8-3-1-4-9-19)25-14-20-10-7-13-27(16-20)17-22-15-24-26-23(22)21-11-5-2-6-12-21/h1,3-4,8-9,15,20-21,25H,2,5-7,10-14,16-18H2,(H,24,26). The van der Waals surface area contributed by atoms with Crippen molar-refractivity contribution in [3.8, 4) is 0 Å². The smallest absolute Gasteiger partial charge is 0.215 e. The number of benzene rings is 1. The van der Waals surface area contributed by atoms with E-state index in [2.05, 4.69) is 19.8 Å². The minimum Gasteiger partial charge on any atom is -0.299 e. The van der Waals surface area contributed by atoms with Gasteiger partial charge in [0.15, 0.2) is 0 Å². The molecule has 1 atom stereocenters. The molecule has 2 heterocycles. The first kappa shape index (κ1) is 21.5. The zero-order valence-corrected chi connectivity index (χ0v) is 18.5. The number of rotatable bonds is 8. The Morgan fingerprint density at radius 2 is 1.87 bits per heavy atom. The second-order valence-electron chi connectivity index (χ2n) is 8.98. The number of likely N-dealkylation sites (tertiary alicyclic amines) is 1. The Bertz CT molecular complexity index is 891. The zero-order chi connectivity index (χ0) is 20.8. The van der Waals surface area contributed by atoms with Crippen molar-refractivity contribution < 1.29 is 8.42 Å². The highest BCUT2D eigenvalue weighted by Gasteiger charge is 2.25. The number of hydrogen-bond acceptors (Lipinski definition) is 4. The van der Waals surface area contributed by atoms with E-state index in [1.54, 1.807) is 0 Å². The lowest BCUT2D eigenvalue weighted by molar-refractivity contribution is 0.168. The van der Waals surface area contributed by atoms with E-state index in [1.807, 2.05) is 36.5 Å². The van der Waals surface area contributed by atoms with Gasteiger partial charge >= 0.3 is 0 Å². The molecule has 7 heteroatoms. The normalized spacial score (nSPS) is 21.7. The molecule has 2 N–H and O–H groups in total. The largest absolute Gasteiger partial charge is 0.299 e. The summed E-state index contributed by atoms with van der Waals surface area (Å²) in [6.45, 7) is 3.44. The quantitative estimate of drug-likeness (QED) is 0.668. The maximum atomic E-state index is 12.5. The Labute approximate surface area is 180 Å². The van der Waals surface area contributed by atoms with Crippen LogP contribution in [0.25, 0.3) is 0 Å². The van der Waals surface area contributed by atoms with Gasteiger partial charge in [-0.15, -0.1) is 0 Å². The van der Waals surface area contributed by atoms with Crippen LogP contribution < -0.4 is 4.72 Å². The molecule has 1 saturated heterocycles. The summed E-state index contributed by atoms with van der Waals surface area (Å²) in [5, 5.41) is 7.62. The molecule has 1 aromatic heterocycles. The molecule has 0 radical (unpaired) electrons. The fourth-order valence-corrected chi connectivity index (χ4v) is 6.21. The van der Waals surface area contributed by atoms with E-state index in [9.17, 15) is 8.42 Å². The third-order valence-corrected chi connectivity index (χ3v) is 7.87. The van der Waals surface area contributed by atoms with Crippen molar-refractivity contribution in [3.63, 3.8) is 0 Å². The first-order valence-electron chi connectivity index (χ1n) is 11.3. The molecule has 1 saturated carbocycles. The third-order valence-electron chi connectivity index (χ3n) is 6.55. The molecular formula is C23H34N4O2S. The van der Waals surface area contributed by atoms with E-state index in [0.717, 1.165) is 38.0 Å². The van der Waals surface area contributed by atoms with Gasteiger partial charge in [0.05, 0.1) is 11.9 Å². The zero-order valence-electron chi connectivity index (χ0n) is 17.7. The van der Waals surface area contributed by atoms with Crippen LogP contribution in [0.1, 0.15) is 67.7 Å². The fraction of sp³-hybridized carbons (Fsp3) is 0.609. The third kappa shape index (κ3) is 5.93. The molecule has 0 amide bonds. The molecule has 4 rings (SSSR count). The highest BCUT2D eigenvalue weighted by Crippen LogP contribution is 2.33. The van der Waals surface area contributed by atoms with Crippen molar-refractivity contribution in [1.82, 2.24) is 19.8 Å². The fourth-order valence-electron chi connectivity index (χ4n) is 4.98. The van der Waals surface area contributed by atoms with Crippen LogP contribution in [-0.2, 0) is 22.3 Å². The number of H-pyrrole nitrogens is 1. The summed E-state index contributed by atoms with van der Waals surface area (Å²) in [5.74, 6) is 1.03. The Hall–Kier alpha value is -1.70. The van der Waals surface area contributed by atoms with Crippen molar-refractivity contribution >= 4 is 10.0 Å². The maximum absolute atomic E-state index is 12.5. The van der Waals surface area contributed by atoms with Crippen LogP contribution in [0.3, 0.4) is 0 Å². The topological polar surface area (TPSA) is 78.1 Å². The summed E-state index contributed by atoms with van der Waals surface area (Å²) in [7, 11) is -3.31. The van der Waals surface area contributed by atoms with E-state index >= 15 is 0 Å². The molecule has 1 unspecified atom stereocenters. The van der Waals surface area contributed by atoms with E-state index in [4.69, 9.17) is 0 Å². The van der Waals surface area contributed by atoms with Gasteiger partial charge in [-0.25, -0.2) is 13.1 Å². The average molecular weight is 431 g/mol. The SMILES string of the molecule is O=S(=O)(Cc1ccccc1)NCC1CCCN(Cc2cn[nH]c2C2CCCCC2)C1. The number of nitrogens with one attached hydrogen (secondary N) is 2. The van der Waals surface area contributed by atoms with Gasteiger partial charge in [-0.05, 0) is 43.7 Å². The molecule has 1 aromatic carbocycles. The number of sulfonamides is 1. The lowest BCUT2D eigenvalue weighted by atomic mass is 9.85. The lowest BCUT2D eigenvalue weighted by Gasteiger charge is -2.33. The predicted octanol–water partition coefficient (Wildman–Crippen LogP) is 3.79. The Morgan fingerprint density at radius 3 is 2.67 bits per heavy atom. The highest BCUT2D eigenvalue weighted by molar-refractivity contribution is 7.88. The van der Waals surface area contributed by atoms with Crippen LogP contribution in [0, 0.1) is 5.92 Å². The summed E-state index contributed by atoms with van der Waals surface area (Å²) >= 11 is 0. The van der Waals surface area contributed by atoms with Gasteiger partial charge in [-0.2, -0.15) is 5.10 Å². The number of aromatic nitrogens is 2.